The summed E-state index contributed by atoms with van der Waals surface area (Å²) in [6, 6.07) is 11.3. The van der Waals surface area contributed by atoms with Gasteiger partial charge in [0, 0.05) is 0 Å². The van der Waals surface area contributed by atoms with Gasteiger partial charge in [-0.1, -0.05) is 76.1 Å². The van der Waals surface area contributed by atoms with Crippen LogP contribution < -0.4 is 5.30 Å². The molecule has 2 rings (SSSR count). The van der Waals surface area contributed by atoms with Gasteiger partial charge in [-0.15, -0.1) is 0 Å². The minimum Gasteiger partial charge on any atom is -0.0741 e. The first-order valence-electron chi connectivity index (χ1n) is 9.21. The van der Waals surface area contributed by atoms with E-state index in [1.807, 2.05) is 0 Å². The van der Waals surface area contributed by atoms with Crippen LogP contribution >= 0.6 is 7.92 Å². The molecule has 0 heterocycles. The fraction of sp³-hybridized carbons (Fsp3) is 0.619. The van der Waals surface area contributed by atoms with Crippen LogP contribution in [0, 0.1) is 0 Å². The van der Waals surface area contributed by atoms with Crippen molar-refractivity contribution < 1.29 is 0 Å². The maximum absolute atomic E-state index is 2.50. The van der Waals surface area contributed by atoms with Crippen LogP contribution in [0.3, 0.4) is 0 Å². The summed E-state index contributed by atoms with van der Waals surface area (Å²) < 4.78 is 0. The van der Waals surface area contributed by atoms with Crippen LogP contribution in [0.2, 0.25) is 0 Å². The molecule has 1 unspecified atom stereocenters. The van der Waals surface area contributed by atoms with Crippen molar-refractivity contribution in [3.8, 4) is 0 Å². The highest BCUT2D eigenvalue weighted by Crippen LogP contribution is 2.43. The largest absolute Gasteiger partial charge is 0.0741 e. The minimum atomic E-state index is 0.0125. The Balaban J connectivity index is 1.98. The van der Waals surface area contributed by atoms with Gasteiger partial charge in [-0.3, -0.25) is 0 Å². The van der Waals surface area contributed by atoms with Gasteiger partial charge >= 0.3 is 0 Å². The Hall–Kier alpha value is -0.610. The molecule has 0 spiro atoms. The first-order chi connectivity index (χ1) is 10.7. The van der Waals surface area contributed by atoms with Gasteiger partial charge in [0.15, 0.2) is 0 Å². The molecule has 0 saturated heterocycles. The molecule has 0 N–H and O–H groups in total. The van der Waals surface area contributed by atoms with E-state index in [2.05, 4.69) is 51.1 Å². The van der Waals surface area contributed by atoms with Crippen LogP contribution in [0.4, 0.5) is 0 Å². The number of benzene rings is 1. The predicted octanol–water partition coefficient (Wildman–Crippen LogP) is 6.65. The number of rotatable bonds is 7. The number of hydrogen-bond acceptors (Lipinski definition) is 0. The second-order valence-electron chi connectivity index (χ2n) is 6.86. The summed E-state index contributed by atoms with van der Waals surface area (Å²) in [7, 11) is 0.0125. The topological polar surface area (TPSA) is 0 Å². The summed E-state index contributed by atoms with van der Waals surface area (Å²) in [6.45, 7) is 7.22. The molecule has 0 aromatic heterocycles. The molecular weight excluding hydrogens is 283 g/mol. The Bertz CT molecular complexity index is 460. The van der Waals surface area contributed by atoms with Gasteiger partial charge in [-0.05, 0) is 62.6 Å². The molecule has 1 aromatic carbocycles. The molecule has 0 bridgehead atoms. The van der Waals surface area contributed by atoms with E-state index in [9.17, 15) is 0 Å². The van der Waals surface area contributed by atoms with Crippen LogP contribution in [0.25, 0.3) is 0 Å². The second-order valence-corrected chi connectivity index (χ2v) is 9.65. The third kappa shape index (κ3) is 5.24. The zero-order valence-corrected chi connectivity index (χ0v) is 15.7. The summed E-state index contributed by atoms with van der Waals surface area (Å²) in [5, 5.41) is 1.61. The first-order valence-corrected chi connectivity index (χ1v) is 10.8. The Morgan fingerprint density at radius 2 is 1.77 bits per heavy atom. The van der Waals surface area contributed by atoms with Gasteiger partial charge in [0.05, 0.1) is 0 Å². The third-order valence-electron chi connectivity index (χ3n) is 5.08. The van der Waals surface area contributed by atoms with Crippen LogP contribution in [-0.4, -0.2) is 11.8 Å². The standard InChI is InChI=1S/C21H33P/c1-4-17-22(21-13-9-6-10-14-21)19(3)15-16-20-12-8-5-7-11-18(20)2/h6,9-10,13-14,19H,4-5,7-8,11-12,15-17H2,1-3H3/t19-,22?/m1/s1. The van der Waals surface area contributed by atoms with E-state index in [1.165, 1.54) is 57.5 Å². The average Bonchev–Trinajstić information content (AvgIpc) is 2.75. The zero-order valence-electron chi connectivity index (χ0n) is 14.8. The lowest BCUT2D eigenvalue weighted by Crippen LogP contribution is -2.13. The highest BCUT2D eigenvalue weighted by molar-refractivity contribution is 7.66. The smallest absolute Gasteiger partial charge is 0.0194 e. The van der Waals surface area contributed by atoms with Crippen molar-refractivity contribution >= 4 is 13.2 Å². The van der Waals surface area contributed by atoms with Crippen molar-refractivity contribution in [1.82, 2.24) is 0 Å². The van der Waals surface area contributed by atoms with Crippen LogP contribution in [0.1, 0.15) is 72.1 Å². The zero-order chi connectivity index (χ0) is 15.8. The summed E-state index contributed by atoms with van der Waals surface area (Å²) in [5.41, 5.74) is 4.36. The highest BCUT2D eigenvalue weighted by Gasteiger charge is 2.18. The van der Waals surface area contributed by atoms with Crippen molar-refractivity contribution in [3.63, 3.8) is 0 Å². The second kappa shape index (κ2) is 9.51. The Morgan fingerprint density at radius 1 is 1.05 bits per heavy atom. The van der Waals surface area contributed by atoms with Gasteiger partial charge in [-0.2, -0.15) is 0 Å². The lowest BCUT2D eigenvalue weighted by molar-refractivity contribution is 0.690. The molecule has 2 atom stereocenters. The molecule has 0 nitrogen and oxygen atoms in total. The molecule has 1 aliphatic carbocycles. The van der Waals surface area contributed by atoms with Gasteiger partial charge in [0.25, 0.3) is 0 Å². The molecule has 0 aliphatic heterocycles. The van der Waals surface area contributed by atoms with Gasteiger partial charge in [-0.25, -0.2) is 0 Å². The van der Waals surface area contributed by atoms with E-state index in [1.54, 1.807) is 16.5 Å². The molecule has 0 radical (unpaired) electrons. The Labute approximate surface area is 139 Å². The third-order valence-corrected chi connectivity index (χ3v) is 8.29. The Kier molecular flexibility index (Phi) is 7.67. The molecule has 1 aromatic rings. The summed E-state index contributed by atoms with van der Waals surface area (Å²) in [6.07, 6.45) is 12.4. The molecule has 0 amide bonds. The lowest BCUT2D eigenvalue weighted by Gasteiger charge is -2.25. The van der Waals surface area contributed by atoms with Crippen molar-refractivity contribution in [3.05, 3.63) is 41.5 Å². The fourth-order valence-electron chi connectivity index (χ4n) is 3.64. The van der Waals surface area contributed by atoms with Crippen molar-refractivity contribution in [2.45, 2.75) is 77.8 Å². The van der Waals surface area contributed by atoms with Crippen molar-refractivity contribution in [2.75, 3.05) is 6.16 Å². The normalized spacial score (nSPS) is 18.9. The van der Waals surface area contributed by atoms with E-state index >= 15 is 0 Å². The first kappa shape index (κ1) is 17.7. The van der Waals surface area contributed by atoms with Gasteiger partial charge < -0.3 is 0 Å². The van der Waals surface area contributed by atoms with E-state index in [-0.39, 0.29) is 7.92 Å². The monoisotopic (exact) mass is 316 g/mol. The minimum absolute atomic E-state index is 0.0125. The Morgan fingerprint density at radius 3 is 2.50 bits per heavy atom. The molecule has 0 fully saturated rings. The maximum atomic E-state index is 2.50. The van der Waals surface area contributed by atoms with Crippen LogP contribution in [-0.2, 0) is 0 Å². The van der Waals surface area contributed by atoms with Crippen molar-refractivity contribution in [1.29, 1.82) is 0 Å². The van der Waals surface area contributed by atoms with E-state index in [4.69, 9.17) is 0 Å². The fourth-order valence-corrected chi connectivity index (χ4v) is 6.32. The highest BCUT2D eigenvalue weighted by atomic mass is 31.1. The van der Waals surface area contributed by atoms with E-state index < -0.39 is 0 Å². The SMILES string of the molecule is CCCP(c1ccccc1)[C@H](C)CCC1=C(C)CCCCC1. The summed E-state index contributed by atoms with van der Waals surface area (Å²) >= 11 is 0. The van der Waals surface area contributed by atoms with Crippen LogP contribution in [0.5, 0.6) is 0 Å². The van der Waals surface area contributed by atoms with E-state index in [0.29, 0.717) is 0 Å². The van der Waals surface area contributed by atoms with E-state index in [0.717, 1.165) is 5.66 Å². The molecule has 0 saturated carbocycles. The molecular formula is C21H33P. The molecule has 1 aliphatic rings. The molecule has 22 heavy (non-hydrogen) atoms. The summed E-state index contributed by atoms with van der Waals surface area (Å²) in [4.78, 5) is 0. The maximum Gasteiger partial charge on any atom is -0.0194 e. The average molecular weight is 316 g/mol. The quantitative estimate of drug-likeness (QED) is 0.390. The number of allylic oxidation sites excluding steroid dienone is 2. The van der Waals surface area contributed by atoms with Gasteiger partial charge in [0.2, 0.25) is 0 Å². The molecule has 1 heteroatoms. The summed E-state index contributed by atoms with van der Waals surface area (Å²) in [5.74, 6) is 0. The molecule has 122 valence electrons. The van der Waals surface area contributed by atoms with Crippen LogP contribution in [0.15, 0.2) is 41.5 Å². The number of hydrogen-bond donors (Lipinski definition) is 0. The van der Waals surface area contributed by atoms with Gasteiger partial charge in [0.1, 0.15) is 0 Å². The lowest BCUT2D eigenvalue weighted by atomic mass is 9.99. The predicted molar refractivity (Wildman–Crippen MR) is 103 cm³/mol. The van der Waals surface area contributed by atoms with Crippen molar-refractivity contribution in [2.24, 2.45) is 0 Å².